The van der Waals surface area contributed by atoms with Gasteiger partial charge in [-0.15, -0.1) is 11.3 Å². The molecule has 206 valence electrons. The molecule has 0 aliphatic carbocycles. The largest absolute Gasteiger partial charge is 0.387 e. The van der Waals surface area contributed by atoms with Gasteiger partial charge in [0, 0.05) is 51.8 Å². The fourth-order valence-corrected chi connectivity index (χ4v) is 5.14. The summed E-state index contributed by atoms with van der Waals surface area (Å²) in [4.78, 5) is 35.1. The molecule has 9 nitrogen and oxygen atoms in total. The third-order valence-corrected chi connectivity index (χ3v) is 7.42. The summed E-state index contributed by atoms with van der Waals surface area (Å²) in [6.45, 7) is 6.13. The number of thiophene rings is 1. The van der Waals surface area contributed by atoms with Gasteiger partial charge in [0.25, 0.3) is 0 Å². The Hall–Kier alpha value is -4.90. The van der Waals surface area contributed by atoms with Crippen molar-refractivity contribution in [3.05, 3.63) is 93.3 Å². The van der Waals surface area contributed by atoms with Gasteiger partial charge in [-0.2, -0.15) is 4.39 Å². The third kappa shape index (κ3) is 5.44. The van der Waals surface area contributed by atoms with Crippen LogP contribution in [-0.2, 0) is 4.79 Å². The molecule has 0 atom stereocenters. The standard InChI is InChI=1S/C30H27FN8OS/c1-30(2,3)29(40)37-19-11-17(14-33-15-19)18-12-21-22(8-10-32-13-18)35-16-36-25(21)28-38-26-20(23-6-7-24(31)41-23)5-4-9-34-27(26)39-28/h4-9,11-16,32,34H,10H2,1-3H3,(H,37,40)(H,38,39)/b18-13+,21-12+,22-8-. The highest BCUT2D eigenvalue weighted by atomic mass is 32.1. The van der Waals surface area contributed by atoms with Crippen LogP contribution in [0.2, 0.25) is 0 Å². The maximum absolute atomic E-state index is 13.9. The van der Waals surface area contributed by atoms with Gasteiger partial charge in [0.05, 0.1) is 22.9 Å². The summed E-state index contributed by atoms with van der Waals surface area (Å²) in [7, 11) is 0. The number of aromatic amines is 1. The number of hydrogen-bond acceptors (Lipinski definition) is 8. The average molecular weight is 567 g/mol. The number of carbonyl (C=O) groups is 1. The molecule has 4 N–H and O–H groups in total. The lowest BCUT2D eigenvalue weighted by atomic mass is 9.95. The second kappa shape index (κ2) is 10.6. The van der Waals surface area contributed by atoms with Crippen LogP contribution < -0.4 is 26.5 Å². The highest BCUT2D eigenvalue weighted by Crippen LogP contribution is 2.34. The minimum Gasteiger partial charge on any atom is -0.387 e. The van der Waals surface area contributed by atoms with Crippen molar-refractivity contribution >= 4 is 52.0 Å². The maximum Gasteiger partial charge on any atom is 0.229 e. The first-order valence-electron chi connectivity index (χ1n) is 13.0. The number of nitrogens with one attached hydrogen (secondary N) is 4. The summed E-state index contributed by atoms with van der Waals surface area (Å²) in [6.07, 6.45) is 16.3. The third-order valence-electron chi connectivity index (χ3n) is 6.51. The van der Waals surface area contributed by atoms with Crippen molar-refractivity contribution in [2.75, 3.05) is 17.2 Å². The van der Waals surface area contributed by atoms with E-state index < -0.39 is 5.41 Å². The highest BCUT2D eigenvalue weighted by Gasteiger charge is 2.22. The van der Waals surface area contributed by atoms with Crippen molar-refractivity contribution < 1.29 is 9.18 Å². The van der Waals surface area contributed by atoms with Gasteiger partial charge in [-0.25, -0.2) is 15.0 Å². The summed E-state index contributed by atoms with van der Waals surface area (Å²) in [6, 6.07) is 5.10. The Kier molecular flexibility index (Phi) is 6.80. The fraction of sp³-hybridized carbons (Fsp3) is 0.167. The Morgan fingerprint density at radius 1 is 1.17 bits per heavy atom. The number of hydrogen-bond donors (Lipinski definition) is 4. The molecular weight excluding hydrogens is 539 g/mol. The molecule has 1 amide bonds. The Labute approximate surface area is 239 Å². The molecule has 6 rings (SSSR count). The minimum absolute atomic E-state index is 0.0967. The number of amides is 1. The zero-order valence-corrected chi connectivity index (χ0v) is 23.4. The molecule has 6 heterocycles. The molecule has 0 bridgehead atoms. The maximum atomic E-state index is 13.9. The number of H-pyrrole nitrogens is 1. The molecule has 41 heavy (non-hydrogen) atoms. The van der Waals surface area contributed by atoms with Gasteiger partial charge in [0.15, 0.2) is 16.8 Å². The summed E-state index contributed by atoms with van der Waals surface area (Å²) >= 11 is 1.08. The first kappa shape index (κ1) is 26.3. The van der Waals surface area contributed by atoms with Crippen LogP contribution in [0.15, 0.2) is 61.5 Å². The number of rotatable bonds is 4. The second-order valence-corrected chi connectivity index (χ2v) is 11.6. The average Bonchev–Trinajstić information content (AvgIpc) is 3.50. The van der Waals surface area contributed by atoms with Crippen LogP contribution in [0.4, 0.5) is 15.9 Å². The fourth-order valence-electron chi connectivity index (χ4n) is 4.38. The topological polar surface area (TPSA) is 121 Å². The number of pyridine rings is 1. The lowest BCUT2D eigenvalue weighted by Gasteiger charge is -2.18. The van der Waals surface area contributed by atoms with Gasteiger partial charge >= 0.3 is 0 Å². The van der Waals surface area contributed by atoms with Gasteiger partial charge in [0.2, 0.25) is 5.91 Å². The van der Waals surface area contributed by atoms with Gasteiger partial charge in [-0.3, -0.25) is 9.78 Å². The van der Waals surface area contributed by atoms with Gasteiger partial charge < -0.3 is 20.9 Å². The molecule has 0 saturated heterocycles. The van der Waals surface area contributed by atoms with E-state index in [0.717, 1.165) is 49.2 Å². The number of imidazole rings is 1. The van der Waals surface area contributed by atoms with Gasteiger partial charge in [0.1, 0.15) is 12.0 Å². The van der Waals surface area contributed by atoms with Crippen LogP contribution in [0, 0.1) is 10.5 Å². The summed E-state index contributed by atoms with van der Waals surface area (Å²) in [5, 5.41) is 10.7. The van der Waals surface area contributed by atoms with Crippen LogP contribution in [0.25, 0.3) is 34.8 Å². The van der Waals surface area contributed by atoms with E-state index in [4.69, 9.17) is 4.98 Å². The van der Waals surface area contributed by atoms with Crippen LogP contribution in [0.5, 0.6) is 0 Å². The zero-order chi connectivity index (χ0) is 28.6. The molecule has 0 aromatic carbocycles. The van der Waals surface area contributed by atoms with Crippen LogP contribution >= 0.6 is 11.3 Å². The van der Waals surface area contributed by atoms with E-state index in [1.54, 1.807) is 24.7 Å². The number of halogens is 1. The quantitative estimate of drug-likeness (QED) is 0.295. The van der Waals surface area contributed by atoms with Gasteiger partial charge in [-0.1, -0.05) is 20.8 Å². The molecule has 0 saturated carbocycles. The lowest BCUT2D eigenvalue weighted by molar-refractivity contribution is -0.123. The van der Waals surface area contributed by atoms with E-state index in [2.05, 4.69) is 35.9 Å². The Bertz CT molecular complexity index is 1880. The molecule has 11 heteroatoms. The van der Waals surface area contributed by atoms with E-state index in [-0.39, 0.29) is 11.0 Å². The van der Waals surface area contributed by atoms with Crippen molar-refractivity contribution in [1.29, 1.82) is 0 Å². The number of fused-ring (bicyclic) bond motifs is 2. The summed E-state index contributed by atoms with van der Waals surface area (Å²) < 4.78 is 13.9. The Morgan fingerprint density at radius 2 is 2.05 bits per heavy atom. The smallest absolute Gasteiger partial charge is 0.229 e. The predicted molar refractivity (Wildman–Crippen MR) is 160 cm³/mol. The lowest BCUT2D eigenvalue weighted by Crippen LogP contribution is -2.33. The SMILES string of the molecule is CC(C)(C)C(=O)Nc1cncc(C2=C\NC\C=c3/ncnc(-c4nc5c([nH]4)C(c4ccc(F)s4)=CC=CN5)/c3=C/2)c1. The Morgan fingerprint density at radius 3 is 2.85 bits per heavy atom. The van der Waals surface area contributed by atoms with Crippen molar-refractivity contribution in [1.82, 2.24) is 30.2 Å². The zero-order valence-electron chi connectivity index (χ0n) is 22.6. The van der Waals surface area contributed by atoms with Crippen LogP contribution in [0.3, 0.4) is 0 Å². The monoisotopic (exact) mass is 566 g/mol. The van der Waals surface area contributed by atoms with Gasteiger partial charge in [-0.05, 0) is 48.1 Å². The molecule has 0 radical (unpaired) electrons. The molecule has 2 aliphatic heterocycles. The van der Waals surface area contributed by atoms with E-state index in [1.165, 1.54) is 12.4 Å². The van der Waals surface area contributed by atoms with E-state index in [0.29, 0.717) is 29.6 Å². The number of anilines is 2. The van der Waals surface area contributed by atoms with E-state index in [1.807, 2.05) is 57.3 Å². The number of nitrogens with zero attached hydrogens (tertiary/aromatic N) is 4. The van der Waals surface area contributed by atoms with Crippen molar-refractivity contribution in [2.45, 2.75) is 20.8 Å². The normalized spacial score (nSPS) is 17.3. The van der Waals surface area contributed by atoms with Crippen LogP contribution in [0.1, 0.15) is 36.9 Å². The minimum atomic E-state index is -0.539. The summed E-state index contributed by atoms with van der Waals surface area (Å²) in [5.74, 6) is 1.06. The molecule has 0 fully saturated rings. The predicted octanol–water partition coefficient (Wildman–Crippen LogP) is 4.02. The van der Waals surface area contributed by atoms with Crippen molar-refractivity contribution in [2.24, 2.45) is 5.41 Å². The molecule has 0 unspecified atom stereocenters. The molecule has 0 spiro atoms. The van der Waals surface area contributed by atoms with E-state index >= 15 is 0 Å². The molecule has 4 aromatic rings. The number of carbonyl (C=O) groups excluding carboxylic acids is 1. The Balaban J connectivity index is 1.44. The molecule has 4 aromatic heterocycles. The first-order chi connectivity index (χ1) is 19.8. The summed E-state index contributed by atoms with van der Waals surface area (Å²) in [5.41, 5.74) is 3.87. The van der Waals surface area contributed by atoms with Crippen molar-refractivity contribution in [3.8, 4) is 11.5 Å². The first-order valence-corrected chi connectivity index (χ1v) is 13.8. The molecular formula is C30H27FN8OS. The second-order valence-electron chi connectivity index (χ2n) is 10.5. The molecule has 2 aliphatic rings. The van der Waals surface area contributed by atoms with Crippen molar-refractivity contribution in [3.63, 3.8) is 0 Å². The van der Waals surface area contributed by atoms with E-state index in [9.17, 15) is 9.18 Å². The highest BCUT2D eigenvalue weighted by molar-refractivity contribution is 7.11. The van der Waals surface area contributed by atoms with Crippen LogP contribution in [-0.4, -0.2) is 37.4 Å². The number of allylic oxidation sites excluding steroid dienone is 3. The number of aromatic nitrogens is 5.